The summed E-state index contributed by atoms with van der Waals surface area (Å²) in [5, 5.41) is 30.8. The number of nitrogens with two attached hydrogens (primary N) is 1. The number of rotatable bonds is 5. The van der Waals surface area contributed by atoms with Gasteiger partial charge in [-0.1, -0.05) is 27.5 Å². The fraction of sp³-hybridized carbons (Fsp3) is 0.400. The summed E-state index contributed by atoms with van der Waals surface area (Å²) < 4.78 is 0. The number of nitrogens with zero attached hydrogens (tertiary/aromatic N) is 1. The average Bonchev–Trinajstić information content (AvgIpc) is 2.28. The molecule has 6 nitrogen and oxygen atoms in total. The smallest absolute Gasteiger partial charge is 0.292 e. The Kier molecular flexibility index (Phi) is 5.33. The van der Waals surface area contributed by atoms with Crippen LogP contribution in [-0.2, 0) is 0 Å². The van der Waals surface area contributed by atoms with Crippen LogP contribution < -0.4 is 5.73 Å². The topological polar surface area (TPSA) is 110 Å². The van der Waals surface area contributed by atoms with E-state index in [2.05, 4.69) is 15.9 Å². The quantitative estimate of drug-likeness (QED) is 0.329. The number of alkyl halides is 1. The predicted octanol–water partition coefficient (Wildman–Crippen LogP) is 2.01. The second-order valence-electron chi connectivity index (χ2n) is 3.68. The normalized spacial score (nSPS) is 14.2. The van der Waals surface area contributed by atoms with Crippen LogP contribution in [0.2, 0.25) is 5.02 Å². The summed E-state index contributed by atoms with van der Waals surface area (Å²) in [7, 11) is 0. The van der Waals surface area contributed by atoms with Gasteiger partial charge < -0.3 is 15.9 Å². The van der Waals surface area contributed by atoms with E-state index in [0.717, 1.165) is 6.07 Å². The lowest BCUT2D eigenvalue weighted by Gasteiger charge is -2.18. The Morgan fingerprint density at radius 3 is 2.61 bits per heavy atom. The van der Waals surface area contributed by atoms with Crippen LogP contribution in [0.15, 0.2) is 12.1 Å². The molecule has 0 aromatic heterocycles. The highest BCUT2D eigenvalue weighted by Gasteiger charge is 2.24. The second-order valence-corrected chi connectivity index (χ2v) is 4.88. The summed E-state index contributed by atoms with van der Waals surface area (Å²) in [6, 6.07) is 2.28. The Morgan fingerprint density at radius 1 is 1.50 bits per heavy atom. The van der Waals surface area contributed by atoms with Crippen LogP contribution in [0.3, 0.4) is 0 Å². The SMILES string of the molecule is Nc1cc(Cl)c(C(O)C(O)CCBr)cc1[N+](=O)[O-]. The van der Waals surface area contributed by atoms with Gasteiger partial charge in [-0.15, -0.1) is 0 Å². The van der Waals surface area contributed by atoms with Crippen molar-refractivity contribution in [3.63, 3.8) is 0 Å². The van der Waals surface area contributed by atoms with E-state index in [1.807, 2.05) is 0 Å². The predicted molar refractivity (Wildman–Crippen MR) is 71.9 cm³/mol. The van der Waals surface area contributed by atoms with Gasteiger partial charge in [-0.25, -0.2) is 0 Å². The highest BCUT2D eigenvalue weighted by Crippen LogP contribution is 2.34. The molecule has 0 aliphatic carbocycles. The van der Waals surface area contributed by atoms with E-state index in [1.54, 1.807) is 0 Å². The third kappa shape index (κ3) is 3.32. The molecule has 0 bridgehead atoms. The van der Waals surface area contributed by atoms with E-state index < -0.39 is 17.1 Å². The first-order valence-corrected chi connectivity index (χ1v) is 6.53. The van der Waals surface area contributed by atoms with Crippen LogP contribution >= 0.6 is 27.5 Å². The molecule has 0 heterocycles. The molecule has 0 fully saturated rings. The maximum Gasteiger partial charge on any atom is 0.292 e. The van der Waals surface area contributed by atoms with Gasteiger partial charge in [0.05, 0.1) is 11.0 Å². The third-order valence-electron chi connectivity index (χ3n) is 2.43. The number of hydrogen-bond donors (Lipinski definition) is 3. The summed E-state index contributed by atoms with van der Waals surface area (Å²) in [6.45, 7) is 0. The van der Waals surface area contributed by atoms with Crippen LogP contribution in [0.1, 0.15) is 18.1 Å². The number of nitro groups is 1. The number of halogens is 2. The van der Waals surface area contributed by atoms with Crippen LogP contribution in [0.4, 0.5) is 11.4 Å². The molecule has 4 N–H and O–H groups in total. The Balaban J connectivity index is 3.15. The van der Waals surface area contributed by atoms with Crippen molar-refractivity contribution in [1.29, 1.82) is 0 Å². The van der Waals surface area contributed by atoms with Gasteiger partial charge in [0.15, 0.2) is 0 Å². The van der Waals surface area contributed by atoms with Crippen LogP contribution in [-0.4, -0.2) is 26.6 Å². The number of aliphatic hydroxyl groups is 2. The van der Waals surface area contributed by atoms with Crippen molar-refractivity contribution in [2.24, 2.45) is 0 Å². The van der Waals surface area contributed by atoms with E-state index in [-0.39, 0.29) is 28.4 Å². The van der Waals surface area contributed by atoms with Gasteiger partial charge in [-0.2, -0.15) is 0 Å². The molecule has 2 unspecified atom stereocenters. The first-order chi connectivity index (χ1) is 8.38. The second kappa shape index (κ2) is 6.33. The fourth-order valence-corrected chi connectivity index (χ4v) is 2.21. The minimum Gasteiger partial charge on any atom is -0.393 e. The van der Waals surface area contributed by atoms with Gasteiger partial charge in [-0.3, -0.25) is 10.1 Å². The Morgan fingerprint density at radius 2 is 2.11 bits per heavy atom. The van der Waals surface area contributed by atoms with Gasteiger partial charge in [0.25, 0.3) is 5.69 Å². The Bertz CT molecular complexity index is 458. The van der Waals surface area contributed by atoms with Crippen molar-refractivity contribution in [2.45, 2.75) is 18.6 Å². The number of hydrogen-bond acceptors (Lipinski definition) is 5. The van der Waals surface area contributed by atoms with E-state index >= 15 is 0 Å². The summed E-state index contributed by atoms with van der Waals surface area (Å²) in [4.78, 5) is 10.1. The monoisotopic (exact) mass is 338 g/mol. The van der Waals surface area contributed by atoms with E-state index in [1.165, 1.54) is 6.07 Å². The molecule has 0 aliphatic heterocycles. The number of nitrogen functional groups attached to an aromatic ring is 1. The maximum atomic E-state index is 10.7. The fourth-order valence-electron chi connectivity index (χ4n) is 1.46. The number of benzene rings is 1. The summed E-state index contributed by atoms with van der Waals surface area (Å²) >= 11 is 8.99. The van der Waals surface area contributed by atoms with E-state index in [9.17, 15) is 20.3 Å². The number of aliphatic hydroxyl groups excluding tert-OH is 2. The maximum absolute atomic E-state index is 10.7. The van der Waals surface area contributed by atoms with Gasteiger partial charge in [0.2, 0.25) is 0 Å². The minimum absolute atomic E-state index is 0.0826. The average molecular weight is 340 g/mol. The molecule has 1 aromatic carbocycles. The molecular weight excluding hydrogens is 327 g/mol. The highest BCUT2D eigenvalue weighted by molar-refractivity contribution is 9.09. The Labute approximate surface area is 117 Å². The van der Waals surface area contributed by atoms with Gasteiger partial charge in [0, 0.05) is 22.0 Å². The summed E-state index contributed by atoms with van der Waals surface area (Å²) in [5.41, 5.74) is 5.10. The molecule has 18 heavy (non-hydrogen) atoms. The lowest BCUT2D eigenvalue weighted by molar-refractivity contribution is -0.384. The molecule has 2 atom stereocenters. The van der Waals surface area contributed by atoms with Crippen molar-refractivity contribution >= 4 is 38.9 Å². The first kappa shape index (κ1) is 15.2. The number of anilines is 1. The molecule has 0 spiro atoms. The van der Waals surface area contributed by atoms with Crippen LogP contribution in [0.5, 0.6) is 0 Å². The molecular formula is C10H12BrClN2O4. The molecule has 0 aliphatic rings. The van der Waals surface area contributed by atoms with Crippen LogP contribution in [0, 0.1) is 10.1 Å². The van der Waals surface area contributed by atoms with Crippen molar-refractivity contribution in [3.8, 4) is 0 Å². The van der Waals surface area contributed by atoms with E-state index in [0.29, 0.717) is 5.33 Å². The summed E-state index contributed by atoms with van der Waals surface area (Å²) in [5.74, 6) is 0. The van der Waals surface area contributed by atoms with Gasteiger partial charge in [0.1, 0.15) is 11.8 Å². The van der Waals surface area contributed by atoms with Gasteiger partial charge >= 0.3 is 0 Å². The van der Waals surface area contributed by atoms with Crippen molar-refractivity contribution in [2.75, 3.05) is 11.1 Å². The summed E-state index contributed by atoms with van der Waals surface area (Å²) in [6.07, 6.45) is -2.07. The molecule has 1 aromatic rings. The Hall–Kier alpha value is -0.890. The standard InChI is InChI=1S/C10H12BrClN2O4/c11-2-1-9(15)10(16)5-3-8(14(17)18)7(13)4-6(5)12/h3-4,9-10,15-16H,1-2,13H2. The largest absolute Gasteiger partial charge is 0.393 e. The van der Waals surface area contributed by atoms with Gasteiger partial charge in [-0.05, 0) is 12.5 Å². The minimum atomic E-state index is -1.30. The molecule has 1 rings (SSSR count). The van der Waals surface area contributed by atoms with Crippen molar-refractivity contribution in [1.82, 2.24) is 0 Å². The lowest BCUT2D eigenvalue weighted by atomic mass is 10.0. The number of nitro benzene ring substituents is 1. The molecule has 100 valence electrons. The zero-order valence-corrected chi connectivity index (χ0v) is 11.6. The van der Waals surface area contributed by atoms with Crippen LogP contribution in [0.25, 0.3) is 0 Å². The zero-order valence-electron chi connectivity index (χ0n) is 9.22. The lowest BCUT2D eigenvalue weighted by Crippen LogP contribution is -2.19. The molecule has 0 saturated heterocycles. The molecule has 8 heteroatoms. The highest BCUT2D eigenvalue weighted by atomic mass is 79.9. The first-order valence-electron chi connectivity index (χ1n) is 5.04. The van der Waals surface area contributed by atoms with E-state index in [4.69, 9.17) is 17.3 Å². The third-order valence-corrected chi connectivity index (χ3v) is 3.22. The molecule has 0 radical (unpaired) electrons. The zero-order chi connectivity index (χ0) is 13.9. The van der Waals surface area contributed by atoms with Crippen molar-refractivity contribution < 1.29 is 15.1 Å². The van der Waals surface area contributed by atoms with Crippen molar-refractivity contribution in [3.05, 3.63) is 32.8 Å². The molecule has 0 amide bonds. The molecule has 0 saturated carbocycles.